The summed E-state index contributed by atoms with van der Waals surface area (Å²) >= 11 is 1.74. The SMILES string of the molecule is Cc1nc2ccccc2nc1N1CCN(C(C)c2nccs2)CC1. The van der Waals surface area contributed by atoms with E-state index in [1.165, 1.54) is 5.01 Å². The highest BCUT2D eigenvalue weighted by Crippen LogP contribution is 2.26. The lowest BCUT2D eigenvalue weighted by atomic mass is 10.2. The minimum atomic E-state index is 0.385. The molecule has 1 atom stereocenters. The van der Waals surface area contributed by atoms with Crippen molar-refractivity contribution in [2.24, 2.45) is 0 Å². The fourth-order valence-corrected chi connectivity index (χ4v) is 4.03. The van der Waals surface area contributed by atoms with Gasteiger partial charge in [-0.05, 0) is 26.0 Å². The van der Waals surface area contributed by atoms with Crippen molar-refractivity contribution in [2.45, 2.75) is 19.9 Å². The van der Waals surface area contributed by atoms with Crippen LogP contribution < -0.4 is 4.90 Å². The van der Waals surface area contributed by atoms with Crippen molar-refractivity contribution in [2.75, 3.05) is 31.1 Å². The Hall–Kier alpha value is -2.05. The molecule has 1 aliphatic rings. The Labute approximate surface area is 146 Å². The molecule has 2 aromatic heterocycles. The Morgan fingerprint density at radius 3 is 2.42 bits per heavy atom. The van der Waals surface area contributed by atoms with Crippen molar-refractivity contribution in [3.63, 3.8) is 0 Å². The van der Waals surface area contributed by atoms with Crippen LogP contribution in [0.3, 0.4) is 0 Å². The maximum Gasteiger partial charge on any atom is 0.150 e. The molecule has 1 aliphatic heterocycles. The van der Waals surface area contributed by atoms with Crippen molar-refractivity contribution in [3.05, 3.63) is 46.5 Å². The summed E-state index contributed by atoms with van der Waals surface area (Å²) < 4.78 is 0. The molecule has 3 aromatic rings. The number of piperazine rings is 1. The van der Waals surface area contributed by atoms with Crippen LogP contribution in [-0.2, 0) is 0 Å². The third-order valence-electron chi connectivity index (χ3n) is 4.69. The standard InChI is InChI=1S/C18H21N5S/c1-13-17(21-16-6-4-3-5-15(16)20-13)23-10-8-22(9-11-23)14(2)18-19-7-12-24-18/h3-7,12,14H,8-11H2,1-2H3. The van der Waals surface area contributed by atoms with Gasteiger partial charge in [0.05, 0.1) is 22.8 Å². The van der Waals surface area contributed by atoms with E-state index in [9.17, 15) is 0 Å². The van der Waals surface area contributed by atoms with Gasteiger partial charge in [-0.3, -0.25) is 4.90 Å². The number of benzene rings is 1. The summed E-state index contributed by atoms with van der Waals surface area (Å²) in [5, 5.41) is 3.25. The molecule has 3 heterocycles. The van der Waals surface area contributed by atoms with Crippen molar-refractivity contribution in [3.8, 4) is 0 Å². The van der Waals surface area contributed by atoms with E-state index in [0.29, 0.717) is 6.04 Å². The monoisotopic (exact) mass is 339 g/mol. The number of aromatic nitrogens is 3. The maximum absolute atomic E-state index is 4.85. The predicted molar refractivity (Wildman–Crippen MR) is 98.6 cm³/mol. The number of nitrogens with zero attached hydrogens (tertiary/aromatic N) is 5. The van der Waals surface area contributed by atoms with Gasteiger partial charge in [-0.1, -0.05) is 12.1 Å². The number of hydrogen-bond donors (Lipinski definition) is 0. The van der Waals surface area contributed by atoms with E-state index < -0.39 is 0 Å². The van der Waals surface area contributed by atoms with Gasteiger partial charge in [0.25, 0.3) is 0 Å². The number of rotatable bonds is 3. The zero-order valence-corrected chi connectivity index (χ0v) is 14.8. The highest BCUT2D eigenvalue weighted by atomic mass is 32.1. The highest BCUT2D eigenvalue weighted by molar-refractivity contribution is 7.09. The van der Waals surface area contributed by atoms with Crippen LogP contribution in [0.15, 0.2) is 35.8 Å². The average Bonchev–Trinajstić information content (AvgIpc) is 3.15. The molecule has 1 fully saturated rings. The van der Waals surface area contributed by atoms with Gasteiger partial charge >= 0.3 is 0 Å². The van der Waals surface area contributed by atoms with E-state index >= 15 is 0 Å². The number of fused-ring (bicyclic) bond motifs is 1. The summed E-state index contributed by atoms with van der Waals surface area (Å²) in [6.45, 7) is 8.30. The first-order valence-corrected chi connectivity index (χ1v) is 9.22. The molecule has 1 unspecified atom stereocenters. The summed E-state index contributed by atoms with van der Waals surface area (Å²) in [7, 11) is 0. The predicted octanol–water partition coefficient (Wildman–Crippen LogP) is 3.28. The van der Waals surface area contributed by atoms with E-state index in [-0.39, 0.29) is 0 Å². The van der Waals surface area contributed by atoms with Crippen molar-refractivity contribution >= 4 is 28.2 Å². The van der Waals surface area contributed by atoms with Crippen LogP contribution in [0.2, 0.25) is 0 Å². The van der Waals surface area contributed by atoms with Crippen LogP contribution in [0, 0.1) is 6.92 Å². The fraction of sp³-hybridized carbons (Fsp3) is 0.389. The van der Waals surface area contributed by atoms with Crippen LogP contribution in [0.25, 0.3) is 11.0 Å². The van der Waals surface area contributed by atoms with Crippen molar-refractivity contribution in [1.82, 2.24) is 19.9 Å². The molecule has 0 saturated carbocycles. The van der Waals surface area contributed by atoms with Gasteiger partial charge in [0, 0.05) is 37.8 Å². The quantitative estimate of drug-likeness (QED) is 0.733. The third-order valence-corrected chi connectivity index (χ3v) is 5.64. The molecule has 6 heteroatoms. The van der Waals surface area contributed by atoms with E-state index in [1.54, 1.807) is 11.3 Å². The van der Waals surface area contributed by atoms with Gasteiger partial charge < -0.3 is 4.90 Å². The number of aryl methyl sites for hydroxylation is 1. The van der Waals surface area contributed by atoms with Crippen molar-refractivity contribution in [1.29, 1.82) is 0 Å². The number of thiazole rings is 1. The maximum atomic E-state index is 4.85. The zero-order valence-electron chi connectivity index (χ0n) is 14.0. The molecule has 124 valence electrons. The molecule has 1 saturated heterocycles. The lowest BCUT2D eigenvalue weighted by Gasteiger charge is -2.38. The van der Waals surface area contributed by atoms with E-state index in [0.717, 1.165) is 48.7 Å². The number of anilines is 1. The van der Waals surface area contributed by atoms with Crippen LogP contribution in [0.4, 0.5) is 5.82 Å². The molecular weight excluding hydrogens is 318 g/mol. The number of hydrogen-bond acceptors (Lipinski definition) is 6. The molecule has 1 aromatic carbocycles. The van der Waals surface area contributed by atoms with Crippen molar-refractivity contribution < 1.29 is 0 Å². The molecule has 5 nitrogen and oxygen atoms in total. The lowest BCUT2D eigenvalue weighted by Crippen LogP contribution is -2.47. The first-order chi connectivity index (χ1) is 11.7. The molecule has 0 bridgehead atoms. The zero-order chi connectivity index (χ0) is 16.5. The minimum Gasteiger partial charge on any atom is -0.353 e. The largest absolute Gasteiger partial charge is 0.353 e. The number of para-hydroxylation sites is 2. The van der Waals surface area contributed by atoms with Gasteiger partial charge in [-0.2, -0.15) is 0 Å². The van der Waals surface area contributed by atoms with Crippen LogP contribution in [0.5, 0.6) is 0 Å². The average molecular weight is 339 g/mol. The van der Waals surface area contributed by atoms with Crippen LogP contribution >= 0.6 is 11.3 Å². The molecule has 24 heavy (non-hydrogen) atoms. The smallest absolute Gasteiger partial charge is 0.150 e. The molecule has 0 N–H and O–H groups in total. The second-order valence-electron chi connectivity index (χ2n) is 6.19. The Bertz CT molecular complexity index is 825. The second kappa shape index (κ2) is 6.45. The summed E-state index contributed by atoms with van der Waals surface area (Å²) in [4.78, 5) is 18.9. The van der Waals surface area contributed by atoms with E-state index in [1.807, 2.05) is 30.5 Å². The molecule has 0 radical (unpaired) electrons. The van der Waals surface area contributed by atoms with Gasteiger partial charge in [0.2, 0.25) is 0 Å². The third kappa shape index (κ3) is 2.87. The Balaban J connectivity index is 1.50. The molecule has 0 amide bonds. The summed E-state index contributed by atoms with van der Waals surface area (Å²) in [6, 6.07) is 8.47. The van der Waals surface area contributed by atoms with Gasteiger partial charge in [-0.25, -0.2) is 15.0 Å². The van der Waals surface area contributed by atoms with Gasteiger partial charge in [0.15, 0.2) is 5.82 Å². The molecular formula is C18H21N5S. The lowest BCUT2D eigenvalue weighted by molar-refractivity contribution is 0.198. The van der Waals surface area contributed by atoms with Crippen LogP contribution in [0.1, 0.15) is 23.7 Å². The minimum absolute atomic E-state index is 0.385. The first-order valence-electron chi connectivity index (χ1n) is 8.34. The first kappa shape index (κ1) is 15.5. The Morgan fingerprint density at radius 1 is 1.04 bits per heavy atom. The van der Waals surface area contributed by atoms with Gasteiger partial charge in [-0.15, -0.1) is 11.3 Å². The summed E-state index contributed by atoms with van der Waals surface area (Å²) in [5.74, 6) is 1.02. The molecule has 4 rings (SSSR count). The summed E-state index contributed by atoms with van der Waals surface area (Å²) in [5.41, 5.74) is 2.95. The molecule has 0 spiro atoms. The Morgan fingerprint density at radius 2 is 1.75 bits per heavy atom. The van der Waals surface area contributed by atoms with Gasteiger partial charge in [0.1, 0.15) is 5.01 Å². The summed E-state index contributed by atoms with van der Waals surface area (Å²) in [6.07, 6.45) is 1.89. The topological polar surface area (TPSA) is 45.2 Å². The normalized spacial score (nSPS) is 17.3. The van der Waals surface area contributed by atoms with E-state index in [2.05, 4.69) is 34.0 Å². The fourth-order valence-electron chi connectivity index (χ4n) is 3.30. The van der Waals surface area contributed by atoms with E-state index in [4.69, 9.17) is 9.97 Å². The van der Waals surface area contributed by atoms with Crippen LogP contribution in [-0.4, -0.2) is 46.0 Å². The Kier molecular flexibility index (Phi) is 4.16. The second-order valence-corrected chi connectivity index (χ2v) is 7.12. The highest BCUT2D eigenvalue weighted by Gasteiger charge is 2.25. The molecule has 0 aliphatic carbocycles.